The summed E-state index contributed by atoms with van der Waals surface area (Å²) < 4.78 is 49.0. The van der Waals surface area contributed by atoms with Crippen molar-refractivity contribution < 1.29 is 16.2 Å². The van der Waals surface area contributed by atoms with Crippen molar-refractivity contribution >= 4 is 12.6 Å². The molecule has 1 aliphatic rings. The van der Waals surface area contributed by atoms with Gasteiger partial charge >= 0.3 is 7.12 Å². The molecule has 0 amide bonds. The van der Waals surface area contributed by atoms with Crippen LogP contribution in [0, 0.1) is 0 Å². The lowest BCUT2D eigenvalue weighted by Gasteiger charge is -2.32. The second-order valence-electron chi connectivity index (χ2n) is 5.19. The molecule has 0 spiro atoms. The summed E-state index contributed by atoms with van der Waals surface area (Å²) in [5.41, 5.74) is -0.468. The van der Waals surface area contributed by atoms with Crippen molar-refractivity contribution in [3.63, 3.8) is 0 Å². The van der Waals surface area contributed by atoms with E-state index in [4.69, 9.17) is 16.2 Å². The van der Waals surface area contributed by atoms with E-state index in [0.717, 1.165) is 0 Å². The van der Waals surface area contributed by atoms with E-state index in [1.165, 1.54) is 12.3 Å². The zero-order valence-corrected chi connectivity index (χ0v) is 10.6. The molecule has 1 fully saturated rings. The van der Waals surface area contributed by atoms with Crippen molar-refractivity contribution in [1.82, 2.24) is 4.98 Å². The first-order valence-corrected chi connectivity index (χ1v) is 5.60. The van der Waals surface area contributed by atoms with Crippen LogP contribution in [0.3, 0.4) is 0 Å². The van der Waals surface area contributed by atoms with Crippen LogP contribution < -0.4 is 5.46 Å². The topological polar surface area (TPSA) is 31.4 Å². The van der Waals surface area contributed by atoms with Crippen molar-refractivity contribution in [3.05, 3.63) is 24.0 Å². The number of hydrogen-bond donors (Lipinski definition) is 0. The Labute approximate surface area is 111 Å². The zero-order chi connectivity index (χ0) is 17.0. The predicted molar refractivity (Wildman–Crippen MR) is 69.3 cm³/mol. The second-order valence-corrected chi connectivity index (χ2v) is 5.19. The van der Waals surface area contributed by atoms with Gasteiger partial charge in [0, 0.05) is 24.2 Å². The van der Waals surface area contributed by atoms with Crippen LogP contribution >= 0.6 is 0 Å². The van der Waals surface area contributed by atoms with Crippen LogP contribution in [-0.2, 0) is 15.7 Å². The van der Waals surface area contributed by atoms with E-state index >= 15 is 0 Å². The Hall–Kier alpha value is -0.865. The molecule has 4 heteroatoms. The third-order valence-electron chi connectivity index (χ3n) is 3.44. The standard InChI is InChI=1S/C13H20BNO2/c1-6-11-8-7-10(9-15-11)14-16-12(2,3)13(4,5)17-14/h7-9H,6H2,1-5H3/i1D3,6D2. The molecular weight excluding hydrogens is 213 g/mol. The summed E-state index contributed by atoms with van der Waals surface area (Å²) in [5.74, 6) is 0. The van der Waals surface area contributed by atoms with E-state index in [1.54, 1.807) is 6.07 Å². The molecule has 2 heterocycles. The molecule has 17 heavy (non-hydrogen) atoms. The van der Waals surface area contributed by atoms with Crippen LogP contribution in [0.15, 0.2) is 18.3 Å². The summed E-state index contributed by atoms with van der Waals surface area (Å²) in [7, 11) is -0.606. The monoisotopic (exact) mass is 238 g/mol. The molecule has 2 rings (SSSR count). The molecule has 1 aromatic rings. The summed E-state index contributed by atoms with van der Waals surface area (Å²) in [5, 5.41) is 0. The van der Waals surface area contributed by atoms with Crippen LogP contribution in [0.4, 0.5) is 0 Å². The van der Waals surface area contributed by atoms with Crippen molar-refractivity contribution in [1.29, 1.82) is 0 Å². The minimum absolute atomic E-state index is 0.132. The van der Waals surface area contributed by atoms with Gasteiger partial charge in [-0.3, -0.25) is 4.98 Å². The molecule has 0 atom stereocenters. The predicted octanol–water partition coefficient (Wildman–Crippen LogP) is 1.94. The molecule has 0 radical (unpaired) electrons. The molecule has 0 aliphatic carbocycles. The van der Waals surface area contributed by atoms with Crippen molar-refractivity contribution in [2.75, 3.05) is 0 Å². The van der Waals surface area contributed by atoms with Crippen molar-refractivity contribution in [2.24, 2.45) is 0 Å². The summed E-state index contributed by atoms with van der Waals surface area (Å²) in [6.07, 6.45) is -1.09. The first-order chi connectivity index (χ1) is 9.78. The highest BCUT2D eigenvalue weighted by atomic mass is 16.7. The van der Waals surface area contributed by atoms with Gasteiger partial charge in [0.25, 0.3) is 0 Å². The highest BCUT2D eigenvalue weighted by molar-refractivity contribution is 6.62. The highest BCUT2D eigenvalue weighted by Crippen LogP contribution is 2.36. The van der Waals surface area contributed by atoms with Crippen LogP contribution in [0.2, 0.25) is 0 Å². The largest absolute Gasteiger partial charge is 0.496 e. The van der Waals surface area contributed by atoms with Gasteiger partial charge in [0.15, 0.2) is 0 Å². The van der Waals surface area contributed by atoms with Crippen molar-refractivity contribution in [2.45, 2.75) is 52.1 Å². The quantitative estimate of drug-likeness (QED) is 0.738. The molecule has 92 valence electrons. The molecular formula is C13H20BNO2. The second kappa shape index (κ2) is 4.11. The van der Waals surface area contributed by atoms with Gasteiger partial charge in [-0.25, -0.2) is 0 Å². The van der Waals surface area contributed by atoms with Gasteiger partial charge in [0.2, 0.25) is 0 Å². The van der Waals surface area contributed by atoms with Crippen LogP contribution in [0.1, 0.15) is 47.1 Å². The maximum absolute atomic E-state index is 7.70. The molecule has 0 unspecified atom stereocenters. The molecule has 0 bridgehead atoms. The average Bonchev–Trinajstić information content (AvgIpc) is 2.57. The Morgan fingerprint density at radius 3 is 2.41 bits per heavy atom. The highest BCUT2D eigenvalue weighted by Gasteiger charge is 2.51. The van der Waals surface area contributed by atoms with E-state index in [1.807, 2.05) is 27.7 Å². The fourth-order valence-corrected chi connectivity index (χ4v) is 1.60. The lowest BCUT2D eigenvalue weighted by molar-refractivity contribution is 0.00578. The first kappa shape index (κ1) is 7.54. The normalized spacial score (nSPS) is 27.8. The van der Waals surface area contributed by atoms with E-state index in [2.05, 4.69) is 4.98 Å². The fraction of sp³-hybridized carbons (Fsp3) is 0.615. The minimum atomic E-state index is -2.77. The lowest BCUT2D eigenvalue weighted by atomic mass is 9.80. The Kier molecular flexibility index (Phi) is 1.82. The Bertz CT molecular complexity index is 541. The van der Waals surface area contributed by atoms with Gasteiger partial charge in [-0.15, -0.1) is 0 Å². The molecule has 0 N–H and O–H groups in total. The van der Waals surface area contributed by atoms with Crippen LogP contribution in [0.5, 0.6) is 0 Å². The molecule has 0 aromatic carbocycles. The number of hydrogen-bond acceptors (Lipinski definition) is 3. The van der Waals surface area contributed by atoms with E-state index in [-0.39, 0.29) is 5.69 Å². The third kappa shape index (κ3) is 2.24. The average molecular weight is 238 g/mol. The number of aryl methyl sites for hydroxylation is 1. The molecule has 1 aliphatic heterocycles. The Balaban J connectivity index is 2.25. The van der Waals surface area contributed by atoms with Gasteiger partial charge in [0.05, 0.1) is 11.2 Å². The van der Waals surface area contributed by atoms with E-state index in [0.29, 0.717) is 5.46 Å². The summed E-state index contributed by atoms with van der Waals surface area (Å²) in [6.45, 7) is 4.96. The summed E-state index contributed by atoms with van der Waals surface area (Å²) in [4.78, 5) is 3.96. The number of pyridine rings is 1. The molecule has 1 saturated heterocycles. The van der Waals surface area contributed by atoms with E-state index < -0.39 is 31.5 Å². The van der Waals surface area contributed by atoms with Gasteiger partial charge in [-0.1, -0.05) is 12.9 Å². The Morgan fingerprint density at radius 1 is 1.29 bits per heavy atom. The number of nitrogens with zero attached hydrogens (tertiary/aromatic N) is 1. The molecule has 0 saturated carbocycles. The minimum Gasteiger partial charge on any atom is -0.399 e. The Morgan fingerprint density at radius 2 is 1.94 bits per heavy atom. The fourth-order valence-electron chi connectivity index (χ4n) is 1.60. The third-order valence-corrected chi connectivity index (χ3v) is 3.44. The SMILES string of the molecule is [2H]C([2H])([2H])C([2H])([2H])c1ccc(B2OC(C)(C)C(C)(C)O2)cn1. The first-order valence-electron chi connectivity index (χ1n) is 8.10. The summed E-state index contributed by atoms with van der Waals surface area (Å²) in [6, 6.07) is 2.96. The maximum atomic E-state index is 7.70. The number of rotatable bonds is 2. The van der Waals surface area contributed by atoms with E-state index in [9.17, 15) is 0 Å². The lowest BCUT2D eigenvalue weighted by Crippen LogP contribution is -2.41. The van der Waals surface area contributed by atoms with Crippen molar-refractivity contribution in [3.8, 4) is 0 Å². The van der Waals surface area contributed by atoms with Gasteiger partial charge in [0.1, 0.15) is 0 Å². The van der Waals surface area contributed by atoms with Crippen LogP contribution in [0.25, 0.3) is 0 Å². The molecule has 3 nitrogen and oxygen atoms in total. The summed E-state index contributed by atoms with van der Waals surface area (Å²) >= 11 is 0. The zero-order valence-electron chi connectivity index (χ0n) is 15.6. The van der Waals surface area contributed by atoms with Gasteiger partial charge in [-0.2, -0.15) is 0 Å². The number of aromatic nitrogens is 1. The maximum Gasteiger partial charge on any atom is 0.496 e. The molecule has 1 aromatic heterocycles. The van der Waals surface area contributed by atoms with Gasteiger partial charge < -0.3 is 9.31 Å². The van der Waals surface area contributed by atoms with Crippen LogP contribution in [-0.4, -0.2) is 23.3 Å². The van der Waals surface area contributed by atoms with Gasteiger partial charge in [-0.05, 0) is 40.1 Å². The smallest absolute Gasteiger partial charge is 0.399 e.